The summed E-state index contributed by atoms with van der Waals surface area (Å²) in [5.74, 6) is 1.20. The molecule has 1 saturated carbocycles. The zero-order chi connectivity index (χ0) is 15.2. The summed E-state index contributed by atoms with van der Waals surface area (Å²) in [5, 5.41) is 11.0. The minimum absolute atomic E-state index is 0.112. The van der Waals surface area contributed by atoms with Crippen molar-refractivity contribution in [2.24, 2.45) is 11.7 Å². The quantitative estimate of drug-likeness (QED) is 0.667. The molecule has 1 aliphatic rings. The van der Waals surface area contributed by atoms with E-state index in [1.165, 1.54) is 0 Å². The molecule has 6 nitrogen and oxygen atoms in total. The van der Waals surface area contributed by atoms with Gasteiger partial charge in [-0.1, -0.05) is 12.1 Å². The number of hydrogen-bond acceptors (Lipinski definition) is 4. The zero-order valence-corrected chi connectivity index (χ0v) is 12.1. The summed E-state index contributed by atoms with van der Waals surface area (Å²) in [6, 6.07) is 5.17. The van der Waals surface area contributed by atoms with E-state index in [2.05, 4.69) is 9.97 Å². The molecule has 0 amide bonds. The van der Waals surface area contributed by atoms with Gasteiger partial charge in [0.2, 0.25) is 0 Å². The number of nitrogens with zero attached hydrogens (tertiary/aromatic N) is 2. The molecule has 1 aromatic carbocycles. The highest BCUT2D eigenvalue weighted by Crippen LogP contribution is 2.43. The van der Waals surface area contributed by atoms with Crippen LogP contribution < -0.4 is 5.73 Å². The van der Waals surface area contributed by atoms with Gasteiger partial charge in [0.25, 0.3) is 5.69 Å². The number of aryl methyl sites for hydroxylation is 1. The van der Waals surface area contributed by atoms with Gasteiger partial charge in [0.15, 0.2) is 0 Å². The molecule has 1 unspecified atom stereocenters. The molecular weight excluding hydrogens is 268 g/mol. The summed E-state index contributed by atoms with van der Waals surface area (Å²) in [4.78, 5) is 18.2. The number of H-pyrrole nitrogens is 1. The summed E-state index contributed by atoms with van der Waals surface area (Å²) >= 11 is 0. The maximum atomic E-state index is 11.0. The molecule has 0 saturated heterocycles. The van der Waals surface area contributed by atoms with Crippen LogP contribution in [0.3, 0.4) is 0 Å². The Balaban J connectivity index is 1.96. The molecule has 1 heterocycles. The molecular formula is C15H18N4O2. The first kappa shape index (κ1) is 13.8. The van der Waals surface area contributed by atoms with Gasteiger partial charge in [0, 0.05) is 17.2 Å². The van der Waals surface area contributed by atoms with Crippen molar-refractivity contribution < 1.29 is 4.92 Å². The van der Waals surface area contributed by atoms with E-state index >= 15 is 0 Å². The molecule has 6 heteroatoms. The van der Waals surface area contributed by atoms with Gasteiger partial charge in [0.05, 0.1) is 22.4 Å². The van der Waals surface area contributed by atoms with Gasteiger partial charge >= 0.3 is 0 Å². The molecule has 110 valence electrons. The molecule has 1 fully saturated rings. The fourth-order valence-electron chi connectivity index (χ4n) is 2.59. The number of nitrogens with one attached hydrogen (secondary N) is 1. The van der Waals surface area contributed by atoms with Crippen LogP contribution in [-0.4, -0.2) is 14.9 Å². The highest BCUT2D eigenvalue weighted by Gasteiger charge is 2.41. The second kappa shape index (κ2) is 4.66. The van der Waals surface area contributed by atoms with E-state index in [1.54, 1.807) is 25.3 Å². The zero-order valence-electron chi connectivity index (χ0n) is 12.1. The highest BCUT2D eigenvalue weighted by molar-refractivity contribution is 5.64. The summed E-state index contributed by atoms with van der Waals surface area (Å²) in [6.45, 7) is 3.70. The molecule has 3 rings (SSSR count). The number of benzene rings is 1. The molecule has 0 radical (unpaired) electrons. The minimum Gasteiger partial charge on any atom is -0.340 e. The van der Waals surface area contributed by atoms with E-state index in [0.29, 0.717) is 11.5 Å². The summed E-state index contributed by atoms with van der Waals surface area (Å²) < 4.78 is 0. The van der Waals surface area contributed by atoms with Crippen LogP contribution in [-0.2, 0) is 5.54 Å². The molecule has 2 aromatic rings. The Morgan fingerprint density at radius 2 is 2.19 bits per heavy atom. The highest BCUT2D eigenvalue weighted by atomic mass is 16.6. The van der Waals surface area contributed by atoms with Gasteiger partial charge in [-0.25, -0.2) is 4.98 Å². The van der Waals surface area contributed by atoms with Crippen molar-refractivity contribution in [1.82, 2.24) is 9.97 Å². The van der Waals surface area contributed by atoms with E-state index in [9.17, 15) is 10.1 Å². The summed E-state index contributed by atoms with van der Waals surface area (Å²) in [6.07, 6.45) is 3.94. The Hall–Kier alpha value is -2.21. The van der Waals surface area contributed by atoms with Crippen molar-refractivity contribution in [3.63, 3.8) is 0 Å². The Kier molecular flexibility index (Phi) is 3.06. The smallest absolute Gasteiger partial charge is 0.272 e. The Morgan fingerprint density at radius 3 is 2.81 bits per heavy atom. The largest absolute Gasteiger partial charge is 0.340 e. The van der Waals surface area contributed by atoms with E-state index in [1.807, 2.05) is 13.0 Å². The van der Waals surface area contributed by atoms with Crippen molar-refractivity contribution in [2.45, 2.75) is 32.2 Å². The van der Waals surface area contributed by atoms with Crippen LogP contribution in [0.5, 0.6) is 0 Å². The number of nitro groups is 1. The fraction of sp³-hybridized carbons (Fsp3) is 0.400. The number of aromatic amines is 1. The third kappa shape index (κ3) is 2.42. The van der Waals surface area contributed by atoms with Crippen LogP contribution in [0, 0.1) is 23.0 Å². The van der Waals surface area contributed by atoms with Gasteiger partial charge in [-0.15, -0.1) is 0 Å². The molecule has 0 aliphatic heterocycles. The molecule has 1 aliphatic carbocycles. The Bertz CT molecular complexity index is 701. The lowest BCUT2D eigenvalue weighted by atomic mass is 9.97. The Labute approximate surface area is 122 Å². The summed E-state index contributed by atoms with van der Waals surface area (Å²) in [5.41, 5.74) is 8.13. The normalized spacial score (nSPS) is 17.5. The SMILES string of the molecule is Cc1ccc(-c2cnc(C(C)(N)C3CC3)[nH]2)cc1[N+](=O)[O-]. The first-order valence-corrected chi connectivity index (χ1v) is 6.99. The maximum Gasteiger partial charge on any atom is 0.272 e. The fourth-order valence-corrected chi connectivity index (χ4v) is 2.59. The molecule has 0 spiro atoms. The van der Waals surface area contributed by atoms with Crippen LogP contribution >= 0.6 is 0 Å². The van der Waals surface area contributed by atoms with Crippen LogP contribution in [0.15, 0.2) is 24.4 Å². The summed E-state index contributed by atoms with van der Waals surface area (Å²) in [7, 11) is 0. The predicted octanol–water partition coefficient (Wildman–Crippen LogP) is 2.88. The maximum absolute atomic E-state index is 11.0. The first-order valence-electron chi connectivity index (χ1n) is 6.99. The van der Waals surface area contributed by atoms with Crippen molar-refractivity contribution >= 4 is 5.69 Å². The second-order valence-corrected chi connectivity index (χ2v) is 5.96. The van der Waals surface area contributed by atoms with E-state index in [-0.39, 0.29) is 10.6 Å². The predicted molar refractivity (Wildman–Crippen MR) is 79.7 cm³/mol. The molecule has 1 aromatic heterocycles. The Morgan fingerprint density at radius 1 is 1.48 bits per heavy atom. The number of rotatable bonds is 4. The second-order valence-electron chi connectivity index (χ2n) is 5.96. The average molecular weight is 286 g/mol. The number of hydrogen-bond donors (Lipinski definition) is 2. The molecule has 21 heavy (non-hydrogen) atoms. The monoisotopic (exact) mass is 286 g/mol. The van der Waals surface area contributed by atoms with Gasteiger partial charge in [-0.3, -0.25) is 10.1 Å². The van der Waals surface area contributed by atoms with Crippen molar-refractivity contribution in [3.05, 3.63) is 45.9 Å². The van der Waals surface area contributed by atoms with Crippen LogP contribution in [0.2, 0.25) is 0 Å². The number of nitro benzene ring substituents is 1. The van der Waals surface area contributed by atoms with Crippen molar-refractivity contribution in [2.75, 3.05) is 0 Å². The van der Waals surface area contributed by atoms with Crippen LogP contribution in [0.1, 0.15) is 31.2 Å². The molecule has 0 bridgehead atoms. The average Bonchev–Trinajstić information content (AvgIpc) is 3.17. The topological polar surface area (TPSA) is 97.8 Å². The van der Waals surface area contributed by atoms with E-state index in [4.69, 9.17) is 5.73 Å². The molecule has 3 N–H and O–H groups in total. The van der Waals surface area contributed by atoms with Gasteiger partial charge < -0.3 is 10.7 Å². The van der Waals surface area contributed by atoms with Gasteiger partial charge in [-0.2, -0.15) is 0 Å². The minimum atomic E-state index is -0.463. The lowest BCUT2D eigenvalue weighted by molar-refractivity contribution is -0.385. The number of aromatic nitrogens is 2. The van der Waals surface area contributed by atoms with Crippen LogP contribution in [0.4, 0.5) is 5.69 Å². The third-order valence-corrected chi connectivity index (χ3v) is 4.23. The number of imidazole rings is 1. The van der Waals surface area contributed by atoms with Crippen molar-refractivity contribution in [3.8, 4) is 11.3 Å². The lowest BCUT2D eigenvalue weighted by Gasteiger charge is -2.21. The number of nitrogens with two attached hydrogens (primary N) is 1. The lowest BCUT2D eigenvalue weighted by Crippen LogP contribution is -2.36. The van der Waals surface area contributed by atoms with Gasteiger partial charge in [-0.05, 0) is 32.6 Å². The van der Waals surface area contributed by atoms with E-state index < -0.39 is 5.54 Å². The third-order valence-electron chi connectivity index (χ3n) is 4.23. The van der Waals surface area contributed by atoms with E-state index in [0.717, 1.165) is 29.9 Å². The van der Waals surface area contributed by atoms with Crippen LogP contribution in [0.25, 0.3) is 11.3 Å². The van der Waals surface area contributed by atoms with Crippen molar-refractivity contribution in [1.29, 1.82) is 0 Å². The van der Waals surface area contributed by atoms with Gasteiger partial charge in [0.1, 0.15) is 5.82 Å². The first-order chi connectivity index (χ1) is 9.89. The molecule has 1 atom stereocenters. The standard InChI is InChI=1S/C15H18N4O2/c1-9-3-4-10(7-13(9)19(20)21)12-8-17-14(18-12)15(2,16)11-5-6-11/h3-4,7-8,11H,5-6,16H2,1-2H3,(H,17,18).